The van der Waals surface area contributed by atoms with Crippen LogP contribution in [0.4, 0.5) is 17.1 Å². The molecule has 1 aliphatic heterocycles. The smallest absolute Gasteiger partial charge is 0.292 e. The lowest BCUT2D eigenvalue weighted by atomic mass is 10.1. The van der Waals surface area contributed by atoms with E-state index in [1.54, 1.807) is 12.1 Å². The second kappa shape index (κ2) is 10.1. The van der Waals surface area contributed by atoms with Crippen molar-refractivity contribution in [3.05, 3.63) is 63.7 Å². The first kappa shape index (κ1) is 22.4. The number of rotatable bonds is 7. The van der Waals surface area contributed by atoms with Crippen LogP contribution < -0.4 is 10.6 Å². The first-order valence-corrected chi connectivity index (χ1v) is 10.2. The van der Waals surface area contributed by atoms with Crippen LogP contribution in [0.25, 0.3) is 0 Å². The molecule has 0 aliphatic carbocycles. The maximum Gasteiger partial charge on any atom is 0.292 e. The highest BCUT2D eigenvalue weighted by atomic mass is 16.6. The molecule has 0 bridgehead atoms. The van der Waals surface area contributed by atoms with Crippen molar-refractivity contribution < 1.29 is 14.5 Å². The van der Waals surface area contributed by atoms with Crippen molar-refractivity contribution in [2.75, 3.05) is 49.9 Å². The number of nitro groups is 1. The van der Waals surface area contributed by atoms with Gasteiger partial charge in [0.05, 0.1) is 18.0 Å². The Labute approximate surface area is 181 Å². The summed E-state index contributed by atoms with van der Waals surface area (Å²) in [4.78, 5) is 39.3. The van der Waals surface area contributed by atoms with Crippen LogP contribution in [0.1, 0.15) is 11.1 Å². The second-order valence-corrected chi connectivity index (χ2v) is 7.67. The zero-order valence-electron chi connectivity index (χ0n) is 17.8. The van der Waals surface area contributed by atoms with Gasteiger partial charge in [-0.2, -0.15) is 0 Å². The van der Waals surface area contributed by atoms with Gasteiger partial charge in [0.15, 0.2) is 0 Å². The summed E-state index contributed by atoms with van der Waals surface area (Å²) in [6, 6.07) is 11.9. The van der Waals surface area contributed by atoms with E-state index in [2.05, 4.69) is 15.5 Å². The van der Waals surface area contributed by atoms with Crippen LogP contribution in [0.3, 0.4) is 0 Å². The predicted octanol–water partition coefficient (Wildman–Crippen LogP) is 2.41. The SMILES string of the molecule is Cc1cccc(NC(=O)CN2CCN(CC(=O)Nc3ccccc3[N+](=O)[O-])CC2)c1C. The molecule has 0 unspecified atom stereocenters. The van der Waals surface area contributed by atoms with Crippen LogP contribution in [0.15, 0.2) is 42.5 Å². The molecule has 0 radical (unpaired) electrons. The summed E-state index contributed by atoms with van der Waals surface area (Å²) in [5, 5.41) is 16.7. The molecule has 2 N–H and O–H groups in total. The van der Waals surface area contributed by atoms with E-state index in [0.29, 0.717) is 32.7 Å². The number of aryl methyl sites for hydroxylation is 1. The summed E-state index contributed by atoms with van der Waals surface area (Å²) < 4.78 is 0. The van der Waals surface area contributed by atoms with Crippen LogP contribution in [0.5, 0.6) is 0 Å². The molecule has 31 heavy (non-hydrogen) atoms. The van der Waals surface area contributed by atoms with Crippen molar-refractivity contribution in [2.24, 2.45) is 0 Å². The molecular formula is C22H27N5O4. The van der Waals surface area contributed by atoms with Gasteiger partial charge in [-0.1, -0.05) is 24.3 Å². The first-order chi connectivity index (χ1) is 14.8. The van der Waals surface area contributed by atoms with Crippen molar-refractivity contribution in [1.82, 2.24) is 9.80 Å². The molecule has 164 valence electrons. The van der Waals surface area contributed by atoms with Gasteiger partial charge in [0.1, 0.15) is 5.69 Å². The molecule has 0 aromatic heterocycles. The minimum Gasteiger partial charge on any atom is -0.325 e. The fraction of sp³-hybridized carbons (Fsp3) is 0.364. The molecule has 3 rings (SSSR count). The lowest BCUT2D eigenvalue weighted by Crippen LogP contribution is -2.50. The summed E-state index contributed by atoms with van der Waals surface area (Å²) in [5.74, 6) is -0.355. The number of amides is 2. The average Bonchev–Trinajstić information content (AvgIpc) is 2.73. The quantitative estimate of drug-likeness (QED) is 0.521. The molecule has 2 aromatic rings. The molecule has 1 fully saturated rings. The summed E-state index contributed by atoms with van der Waals surface area (Å²) >= 11 is 0. The van der Waals surface area contributed by atoms with Gasteiger partial charge in [0.25, 0.3) is 5.69 Å². The van der Waals surface area contributed by atoms with Gasteiger partial charge in [-0.05, 0) is 37.1 Å². The number of hydrogen-bond donors (Lipinski definition) is 2. The van der Waals surface area contributed by atoms with Crippen molar-refractivity contribution in [1.29, 1.82) is 0 Å². The lowest BCUT2D eigenvalue weighted by molar-refractivity contribution is -0.383. The summed E-state index contributed by atoms with van der Waals surface area (Å²) in [6.07, 6.45) is 0. The van der Waals surface area contributed by atoms with E-state index >= 15 is 0 Å². The normalized spacial score (nSPS) is 14.8. The van der Waals surface area contributed by atoms with Crippen LogP contribution in [0.2, 0.25) is 0 Å². The zero-order valence-corrected chi connectivity index (χ0v) is 17.8. The van der Waals surface area contributed by atoms with Crippen LogP contribution in [0, 0.1) is 24.0 Å². The Morgan fingerprint density at radius 1 is 0.871 bits per heavy atom. The number of anilines is 2. The first-order valence-electron chi connectivity index (χ1n) is 10.2. The minimum absolute atomic E-state index is 0.0590. The molecule has 0 atom stereocenters. The van der Waals surface area contributed by atoms with Gasteiger partial charge in [-0.15, -0.1) is 0 Å². The number of nitrogens with zero attached hydrogens (tertiary/aromatic N) is 3. The Morgan fingerprint density at radius 2 is 1.39 bits per heavy atom. The number of nitro benzene ring substituents is 1. The monoisotopic (exact) mass is 425 g/mol. The molecule has 0 saturated carbocycles. The summed E-state index contributed by atoms with van der Waals surface area (Å²) in [6.45, 7) is 7.05. The van der Waals surface area contributed by atoms with E-state index in [4.69, 9.17) is 0 Å². The number of hydrogen-bond acceptors (Lipinski definition) is 6. The highest BCUT2D eigenvalue weighted by molar-refractivity contribution is 5.94. The van der Waals surface area contributed by atoms with Crippen molar-refractivity contribution in [3.63, 3.8) is 0 Å². The van der Waals surface area contributed by atoms with Gasteiger partial charge < -0.3 is 10.6 Å². The number of carbonyl (C=O) groups excluding carboxylic acids is 2. The van der Waals surface area contributed by atoms with Crippen molar-refractivity contribution in [2.45, 2.75) is 13.8 Å². The van der Waals surface area contributed by atoms with Crippen LogP contribution in [-0.4, -0.2) is 65.8 Å². The molecular weight excluding hydrogens is 398 g/mol. The van der Waals surface area contributed by atoms with Crippen LogP contribution >= 0.6 is 0 Å². The third-order valence-electron chi connectivity index (χ3n) is 5.45. The van der Waals surface area contributed by atoms with E-state index in [1.165, 1.54) is 12.1 Å². The number of benzene rings is 2. The zero-order chi connectivity index (χ0) is 22.4. The number of carbonyl (C=O) groups is 2. The summed E-state index contributed by atoms with van der Waals surface area (Å²) in [7, 11) is 0. The van der Waals surface area contributed by atoms with E-state index in [-0.39, 0.29) is 29.7 Å². The number of para-hydroxylation sites is 2. The highest BCUT2D eigenvalue weighted by Crippen LogP contribution is 2.23. The number of piperazine rings is 1. The molecule has 2 amide bonds. The Balaban J connectivity index is 1.44. The van der Waals surface area contributed by atoms with E-state index in [1.807, 2.05) is 36.9 Å². The van der Waals surface area contributed by atoms with E-state index < -0.39 is 4.92 Å². The standard InChI is InChI=1S/C22H27N5O4/c1-16-6-5-8-18(17(16)2)23-21(28)14-25-10-12-26(13-11-25)15-22(29)24-19-7-3-4-9-20(19)27(30)31/h3-9H,10-15H2,1-2H3,(H,23,28)(H,24,29). The molecule has 1 saturated heterocycles. The Bertz CT molecular complexity index is 970. The van der Waals surface area contributed by atoms with Gasteiger partial charge in [0.2, 0.25) is 11.8 Å². The van der Waals surface area contributed by atoms with Gasteiger partial charge in [0, 0.05) is 37.9 Å². The third kappa shape index (κ3) is 6.09. The molecule has 1 aliphatic rings. The van der Waals surface area contributed by atoms with Gasteiger partial charge in [-0.25, -0.2) is 0 Å². The van der Waals surface area contributed by atoms with Crippen LogP contribution in [-0.2, 0) is 9.59 Å². The highest BCUT2D eigenvalue weighted by Gasteiger charge is 2.22. The topological polar surface area (TPSA) is 108 Å². The molecule has 1 heterocycles. The third-order valence-corrected chi connectivity index (χ3v) is 5.45. The van der Waals surface area contributed by atoms with Gasteiger partial charge in [-0.3, -0.25) is 29.5 Å². The van der Waals surface area contributed by atoms with Crippen molar-refractivity contribution in [3.8, 4) is 0 Å². The molecule has 9 nitrogen and oxygen atoms in total. The lowest BCUT2D eigenvalue weighted by Gasteiger charge is -2.33. The summed E-state index contributed by atoms with van der Waals surface area (Å²) in [5.41, 5.74) is 3.08. The Kier molecular flexibility index (Phi) is 7.32. The maximum atomic E-state index is 12.4. The minimum atomic E-state index is -0.516. The molecule has 9 heteroatoms. The predicted molar refractivity (Wildman–Crippen MR) is 119 cm³/mol. The molecule has 0 spiro atoms. The average molecular weight is 425 g/mol. The maximum absolute atomic E-state index is 12.4. The Morgan fingerprint density at radius 3 is 1.97 bits per heavy atom. The van der Waals surface area contributed by atoms with Gasteiger partial charge >= 0.3 is 0 Å². The largest absolute Gasteiger partial charge is 0.325 e. The van der Waals surface area contributed by atoms with E-state index in [0.717, 1.165) is 16.8 Å². The fourth-order valence-corrected chi connectivity index (χ4v) is 3.52. The number of nitrogens with one attached hydrogen (secondary N) is 2. The Hall–Kier alpha value is -3.30. The fourth-order valence-electron chi connectivity index (χ4n) is 3.52. The van der Waals surface area contributed by atoms with Crippen molar-refractivity contribution >= 4 is 28.9 Å². The van der Waals surface area contributed by atoms with E-state index in [9.17, 15) is 19.7 Å². The molecule has 2 aromatic carbocycles. The second-order valence-electron chi connectivity index (χ2n) is 7.67.